The molecule has 1 unspecified atom stereocenters. The molecule has 0 radical (unpaired) electrons. The van der Waals surface area contributed by atoms with Gasteiger partial charge in [0.05, 0.1) is 18.3 Å². The summed E-state index contributed by atoms with van der Waals surface area (Å²) < 4.78 is 14.0. The SMILES string of the molecule is CC(O)Cc1cc2cc(Nc3cc(Oc4cn(C5CC5)nc4C4CCOCC4)ccn3)ccc2cn1. The number of benzene rings is 1. The first kappa shape index (κ1) is 22.9. The van der Waals surface area contributed by atoms with Crippen molar-refractivity contribution in [1.82, 2.24) is 19.7 Å². The number of hydrogen-bond acceptors (Lipinski definition) is 7. The van der Waals surface area contributed by atoms with Gasteiger partial charge in [0.2, 0.25) is 0 Å². The lowest BCUT2D eigenvalue weighted by molar-refractivity contribution is 0.0839. The third-order valence-electron chi connectivity index (χ3n) is 6.77. The third-order valence-corrected chi connectivity index (χ3v) is 6.77. The lowest BCUT2D eigenvalue weighted by Gasteiger charge is -2.21. The summed E-state index contributed by atoms with van der Waals surface area (Å²) >= 11 is 0. The summed E-state index contributed by atoms with van der Waals surface area (Å²) in [5, 5.41) is 20.1. The molecule has 0 bridgehead atoms. The summed E-state index contributed by atoms with van der Waals surface area (Å²) in [6.45, 7) is 3.31. The van der Waals surface area contributed by atoms with Crippen LogP contribution < -0.4 is 10.1 Å². The highest BCUT2D eigenvalue weighted by molar-refractivity contribution is 5.86. The summed E-state index contributed by atoms with van der Waals surface area (Å²) in [5.74, 6) is 2.61. The van der Waals surface area contributed by atoms with Gasteiger partial charge in [-0.3, -0.25) is 9.67 Å². The second-order valence-electron chi connectivity index (χ2n) is 9.87. The van der Waals surface area contributed by atoms with Crippen molar-refractivity contribution in [1.29, 1.82) is 0 Å². The van der Waals surface area contributed by atoms with E-state index < -0.39 is 6.10 Å². The normalized spacial score (nSPS) is 17.3. The van der Waals surface area contributed by atoms with Crippen molar-refractivity contribution in [3.8, 4) is 11.5 Å². The lowest BCUT2D eigenvalue weighted by Crippen LogP contribution is -2.15. The molecule has 0 amide bonds. The fraction of sp³-hybridized carbons (Fsp3) is 0.393. The molecule has 8 heteroatoms. The first-order chi connectivity index (χ1) is 17.6. The van der Waals surface area contributed by atoms with Crippen molar-refractivity contribution in [3.63, 3.8) is 0 Å². The molecule has 1 atom stereocenters. The predicted molar refractivity (Wildman–Crippen MR) is 138 cm³/mol. The number of anilines is 2. The van der Waals surface area contributed by atoms with Crippen molar-refractivity contribution >= 4 is 22.3 Å². The number of rotatable bonds is 8. The fourth-order valence-corrected chi connectivity index (χ4v) is 4.74. The van der Waals surface area contributed by atoms with Crippen molar-refractivity contribution in [3.05, 3.63) is 66.4 Å². The number of pyridine rings is 2. The summed E-state index contributed by atoms with van der Waals surface area (Å²) in [7, 11) is 0. The van der Waals surface area contributed by atoms with Crippen LogP contribution in [0.3, 0.4) is 0 Å². The van der Waals surface area contributed by atoms with Gasteiger partial charge in [-0.05, 0) is 62.3 Å². The van der Waals surface area contributed by atoms with Crippen LogP contribution in [0.2, 0.25) is 0 Å². The van der Waals surface area contributed by atoms with Gasteiger partial charge in [-0.25, -0.2) is 4.98 Å². The van der Waals surface area contributed by atoms with Gasteiger partial charge in [-0.1, -0.05) is 6.07 Å². The molecule has 2 N–H and O–H groups in total. The molecule has 2 fully saturated rings. The average Bonchev–Trinajstić information content (AvgIpc) is 3.65. The largest absolute Gasteiger partial charge is 0.454 e. The Bertz CT molecular complexity index is 1360. The molecule has 4 aromatic rings. The molecule has 36 heavy (non-hydrogen) atoms. The molecule has 1 saturated heterocycles. The average molecular weight is 486 g/mol. The zero-order valence-electron chi connectivity index (χ0n) is 20.4. The van der Waals surface area contributed by atoms with Crippen LogP contribution in [-0.2, 0) is 11.2 Å². The van der Waals surface area contributed by atoms with Gasteiger partial charge >= 0.3 is 0 Å². The molecule has 4 heterocycles. The highest BCUT2D eigenvalue weighted by atomic mass is 16.5. The second kappa shape index (κ2) is 9.87. The Labute approximate surface area is 210 Å². The van der Waals surface area contributed by atoms with Gasteiger partial charge in [0, 0.05) is 60.8 Å². The highest BCUT2D eigenvalue weighted by Gasteiger charge is 2.29. The maximum Gasteiger partial charge on any atom is 0.168 e. The van der Waals surface area contributed by atoms with Crippen LogP contribution in [0.1, 0.15) is 56.0 Å². The Morgan fingerprint density at radius 2 is 1.94 bits per heavy atom. The molecule has 0 spiro atoms. The molecule has 186 valence electrons. The van der Waals surface area contributed by atoms with Crippen molar-refractivity contribution in [2.24, 2.45) is 0 Å². The number of fused-ring (bicyclic) bond motifs is 1. The number of aromatic nitrogens is 4. The van der Waals surface area contributed by atoms with Crippen LogP contribution in [0.25, 0.3) is 10.8 Å². The first-order valence-corrected chi connectivity index (χ1v) is 12.8. The van der Waals surface area contributed by atoms with E-state index in [1.165, 1.54) is 12.8 Å². The van der Waals surface area contributed by atoms with E-state index in [-0.39, 0.29) is 0 Å². The van der Waals surface area contributed by atoms with E-state index in [9.17, 15) is 5.11 Å². The standard InChI is InChI=1S/C28H31N5O3/c1-18(34)12-23-14-21-13-22(3-2-20(21)16-30-23)31-27-15-25(6-9-29-27)36-26-17-33(24-4-5-24)32-28(26)19-7-10-35-11-8-19/h2-3,6,9,13-19,24,34H,4-5,7-8,10-12H2,1H3,(H,29,31). The van der Waals surface area contributed by atoms with Crippen molar-refractivity contribution < 1.29 is 14.6 Å². The van der Waals surface area contributed by atoms with E-state index in [0.29, 0.717) is 24.2 Å². The van der Waals surface area contributed by atoms with Crippen molar-refractivity contribution in [2.45, 2.75) is 57.1 Å². The number of nitrogens with one attached hydrogen (secondary N) is 1. The molecule has 3 aromatic heterocycles. The summed E-state index contributed by atoms with van der Waals surface area (Å²) in [6, 6.07) is 12.4. The van der Waals surface area contributed by atoms with Gasteiger partial charge < -0.3 is 19.9 Å². The maximum atomic E-state index is 9.70. The lowest BCUT2D eigenvalue weighted by atomic mass is 9.96. The van der Waals surface area contributed by atoms with E-state index in [1.54, 1.807) is 13.1 Å². The molecule has 1 saturated carbocycles. The van der Waals surface area contributed by atoms with Gasteiger partial charge in [0.1, 0.15) is 17.3 Å². The minimum atomic E-state index is -0.424. The van der Waals surface area contributed by atoms with E-state index >= 15 is 0 Å². The number of hydrogen-bond donors (Lipinski definition) is 2. The van der Waals surface area contributed by atoms with Crippen LogP contribution in [0.4, 0.5) is 11.5 Å². The molecule has 6 rings (SSSR count). The molecule has 1 aromatic carbocycles. The Morgan fingerprint density at radius 3 is 2.75 bits per heavy atom. The van der Waals surface area contributed by atoms with Gasteiger partial charge in [0.15, 0.2) is 5.75 Å². The number of ether oxygens (including phenoxy) is 2. The van der Waals surface area contributed by atoms with Gasteiger partial charge in [-0.15, -0.1) is 0 Å². The van der Waals surface area contributed by atoms with Crippen LogP contribution in [0.15, 0.2) is 55.0 Å². The monoisotopic (exact) mass is 485 g/mol. The zero-order valence-corrected chi connectivity index (χ0v) is 20.4. The topological polar surface area (TPSA) is 94.3 Å². The fourth-order valence-electron chi connectivity index (χ4n) is 4.74. The molecule has 1 aliphatic carbocycles. The van der Waals surface area contributed by atoms with Gasteiger partial charge in [-0.2, -0.15) is 5.10 Å². The first-order valence-electron chi connectivity index (χ1n) is 12.8. The molecule has 8 nitrogen and oxygen atoms in total. The quantitative estimate of drug-likeness (QED) is 0.340. The summed E-state index contributed by atoms with van der Waals surface area (Å²) in [5.41, 5.74) is 2.83. The molecular formula is C28H31N5O3. The maximum absolute atomic E-state index is 9.70. The minimum absolute atomic E-state index is 0.360. The Hall–Kier alpha value is -3.49. The minimum Gasteiger partial charge on any atom is -0.454 e. The Morgan fingerprint density at radius 1 is 1.08 bits per heavy atom. The van der Waals surface area contributed by atoms with E-state index in [0.717, 1.165) is 65.4 Å². The number of aliphatic hydroxyl groups excluding tert-OH is 1. The summed E-state index contributed by atoms with van der Waals surface area (Å²) in [4.78, 5) is 8.94. The highest BCUT2D eigenvalue weighted by Crippen LogP contribution is 2.40. The van der Waals surface area contributed by atoms with Crippen molar-refractivity contribution in [2.75, 3.05) is 18.5 Å². The van der Waals surface area contributed by atoms with E-state index in [1.807, 2.05) is 36.5 Å². The van der Waals surface area contributed by atoms with Crippen LogP contribution in [0.5, 0.6) is 11.5 Å². The zero-order chi connectivity index (χ0) is 24.5. The predicted octanol–water partition coefficient (Wildman–Crippen LogP) is 5.51. The van der Waals surface area contributed by atoms with Gasteiger partial charge in [0.25, 0.3) is 0 Å². The van der Waals surface area contributed by atoms with E-state index in [2.05, 4.69) is 32.2 Å². The Balaban J connectivity index is 1.22. The third kappa shape index (κ3) is 5.20. The van der Waals surface area contributed by atoms with Crippen LogP contribution in [-0.4, -0.2) is 44.2 Å². The molecule has 2 aliphatic rings. The smallest absolute Gasteiger partial charge is 0.168 e. The summed E-state index contributed by atoms with van der Waals surface area (Å²) in [6.07, 6.45) is 10.1. The Kier molecular flexibility index (Phi) is 6.29. The molecule has 1 aliphatic heterocycles. The van der Waals surface area contributed by atoms with Crippen LogP contribution >= 0.6 is 0 Å². The molecular weight excluding hydrogens is 454 g/mol. The van der Waals surface area contributed by atoms with E-state index in [4.69, 9.17) is 14.6 Å². The number of aliphatic hydroxyl groups is 1. The van der Waals surface area contributed by atoms with Crippen LogP contribution in [0, 0.1) is 0 Å². The number of nitrogens with zero attached hydrogens (tertiary/aromatic N) is 4. The second-order valence-corrected chi connectivity index (χ2v) is 9.87.